The molecule has 0 aliphatic carbocycles. The molecule has 1 atom stereocenters. The van der Waals surface area contributed by atoms with Gasteiger partial charge in [0.25, 0.3) is 0 Å². The van der Waals surface area contributed by atoms with Crippen molar-refractivity contribution >= 4 is 9.84 Å². The topological polar surface area (TPSA) is 46.2 Å². The van der Waals surface area contributed by atoms with Crippen molar-refractivity contribution in [3.05, 3.63) is 29.8 Å². The molecule has 3 nitrogen and oxygen atoms in total. The molecule has 0 heterocycles. The van der Waals surface area contributed by atoms with Gasteiger partial charge in [-0.3, -0.25) is 0 Å². The van der Waals surface area contributed by atoms with Crippen molar-refractivity contribution in [2.45, 2.75) is 31.7 Å². The Hall–Kier alpha value is -1.01. The first-order chi connectivity index (χ1) is 8.58. The maximum absolute atomic E-state index is 13.1. The van der Waals surface area contributed by atoms with Gasteiger partial charge in [-0.2, -0.15) is 0 Å². The van der Waals surface area contributed by atoms with Gasteiger partial charge in [-0.25, -0.2) is 17.2 Å². The van der Waals surface area contributed by atoms with Gasteiger partial charge in [0.2, 0.25) is 0 Å². The molecule has 0 radical (unpaired) electrons. The second kappa shape index (κ2) is 5.54. The van der Waals surface area contributed by atoms with Crippen LogP contribution in [0.2, 0.25) is 0 Å². The summed E-state index contributed by atoms with van der Waals surface area (Å²) in [6, 6.07) is 2.35. The fraction of sp³-hybridized carbons (Fsp3) is 0.538. The molecule has 108 valence electrons. The summed E-state index contributed by atoms with van der Waals surface area (Å²) in [5, 5.41) is 2.95. The van der Waals surface area contributed by atoms with Crippen LogP contribution in [0.3, 0.4) is 0 Å². The molecule has 0 bridgehead atoms. The number of hydrogen-bond donors (Lipinski definition) is 1. The van der Waals surface area contributed by atoms with Crippen LogP contribution in [0.4, 0.5) is 8.78 Å². The summed E-state index contributed by atoms with van der Waals surface area (Å²) < 4.78 is 50.3. The van der Waals surface area contributed by atoms with Gasteiger partial charge < -0.3 is 5.32 Å². The van der Waals surface area contributed by atoms with E-state index in [9.17, 15) is 17.2 Å². The smallest absolute Gasteiger partial charge is 0.180 e. The molecule has 0 aliphatic rings. The van der Waals surface area contributed by atoms with Crippen LogP contribution in [0.5, 0.6) is 0 Å². The van der Waals surface area contributed by atoms with E-state index >= 15 is 0 Å². The van der Waals surface area contributed by atoms with Crippen molar-refractivity contribution in [3.8, 4) is 0 Å². The monoisotopic (exact) mass is 291 g/mol. The molecular weight excluding hydrogens is 272 g/mol. The van der Waals surface area contributed by atoms with Crippen LogP contribution >= 0.6 is 0 Å². The summed E-state index contributed by atoms with van der Waals surface area (Å²) in [6.45, 7) is 5.73. The highest BCUT2D eigenvalue weighted by Gasteiger charge is 2.29. The van der Waals surface area contributed by atoms with Crippen LogP contribution in [0.25, 0.3) is 0 Å². The molecule has 0 saturated carbocycles. The summed E-state index contributed by atoms with van der Waals surface area (Å²) in [5.41, 5.74) is -0.263. The van der Waals surface area contributed by atoms with Crippen molar-refractivity contribution in [2.24, 2.45) is 5.41 Å². The Morgan fingerprint density at radius 1 is 1.21 bits per heavy atom. The molecule has 1 rings (SSSR count). The Kier molecular flexibility index (Phi) is 4.68. The minimum absolute atomic E-state index is 0.169. The summed E-state index contributed by atoms with van der Waals surface area (Å²) >= 11 is 0. The van der Waals surface area contributed by atoms with E-state index in [2.05, 4.69) is 5.32 Å². The third kappa shape index (κ3) is 3.98. The molecule has 0 fully saturated rings. The third-order valence-corrected chi connectivity index (χ3v) is 4.77. The van der Waals surface area contributed by atoms with Crippen molar-refractivity contribution in [3.63, 3.8) is 0 Å². The van der Waals surface area contributed by atoms with Crippen LogP contribution in [0, 0.1) is 17.0 Å². The van der Waals surface area contributed by atoms with Gasteiger partial charge in [0.1, 0.15) is 0 Å². The lowest BCUT2D eigenvalue weighted by Gasteiger charge is -2.30. The second-order valence-corrected chi connectivity index (χ2v) is 7.60. The number of sulfone groups is 1. The van der Waals surface area contributed by atoms with Gasteiger partial charge in [0.05, 0.1) is 10.6 Å². The first kappa shape index (κ1) is 16.0. The largest absolute Gasteiger partial charge is 0.315 e. The minimum Gasteiger partial charge on any atom is -0.315 e. The first-order valence-corrected chi connectivity index (χ1v) is 7.58. The highest BCUT2D eigenvalue weighted by Crippen LogP contribution is 2.23. The fourth-order valence-corrected chi connectivity index (χ4v) is 3.61. The minimum atomic E-state index is -3.66. The maximum atomic E-state index is 13.1. The van der Waals surface area contributed by atoms with E-state index < -0.39 is 21.5 Å². The van der Waals surface area contributed by atoms with Gasteiger partial charge in [-0.15, -0.1) is 0 Å². The zero-order valence-electron chi connectivity index (χ0n) is 11.5. The molecule has 0 aliphatic heterocycles. The molecule has 0 saturated heterocycles. The predicted molar refractivity (Wildman–Crippen MR) is 70.7 cm³/mol. The molecule has 1 aromatic rings. The molecule has 1 aromatic carbocycles. The Bertz CT molecular complexity index is 550. The lowest BCUT2D eigenvalue weighted by atomic mass is 9.88. The van der Waals surface area contributed by atoms with Gasteiger partial charge in [0, 0.05) is 6.04 Å². The lowest BCUT2D eigenvalue weighted by Crippen LogP contribution is -2.43. The second-order valence-electron chi connectivity index (χ2n) is 5.56. The van der Waals surface area contributed by atoms with Crippen molar-refractivity contribution in [2.75, 3.05) is 12.8 Å². The summed E-state index contributed by atoms with van der Waals surface area (Å²) in [5.74, 6) is -2.38. The standard InChI is InChI=1S/C13H19F2NO2S/c1-13(2,3)12(16-4)8-19(17,18)9-5-6-10(14)11(15)7-9/h5-7,12,16H,8H2,1-4H3. The fourth-order valence-electron chi connectivity index (χ4n) is 1.75. The van der Waals surface area contributed by atoms with Crippen LogP contribution in [-0.2, 0) is 9.84 Å². The Morgan fingerprint density at radius 3 is 2.21 bits per heavy atom. The molecule has 0 aromatic heterocycles. The average molecular weight is 291 g/mol. The third-order valence-electron chi connectivity index (χ3n) is 3.03. The Labute approximate surface area is 112 Å². The zero-order chi connectivity index (χ0) is 14.8. The molecular formula is C13H19F2NO2S. The average Bonchev–Trinajstić information content (AvgIpc) is 2.28. The number of hydrogen-bond acceptors (Lipinski definition) is 3. The normalized spacial score (nSPS) is 14.4. The lowest BCUT2D eigenvalue weighted by molar-refractivity contribution is 0.302. The van der Waals surface area contributed by atoms with E-state index in [-0.39, 0.29) is 22.1 Å². The maximum Gasteiger partial charge on any atom is 0.180 e. The number of rotatable bonds is 4. The Morgan fingerprint density at radius 2 is 1.79 bits per heavy atom. The van der Waals surface area contributed by atoms with Gasteiger partial charge in [0.15, 0.2) is 21.5 Å². The highest BCUT2D eigenvalue weighted by molar-refractivity contribution is 7.91. The Balaban J connectivity index is 3.07. The van der Waals surface area contributed by atoms with E-state index in [1.807, 2.05) is 20.8 Å². The highest BCUT2D eigenvalue weighted by atomic mass is 32.2. The van der Waals surface area contributed by atoms with Gasteiger partial charge in [-0.05, 0) is 30.7 Å². The molecule has 0 amide bonds. The van der Waals surface area contributed by atoms with E-state index in [0.29, 0.717) is 0 Å². The van der Waals surface area contributed by atoms with Crippen LogP contribution in [0.1, 0.15) is 20.8 Å². The molecule has 6 heteroatoms. The number of nitrogens with one attached hydrogen (secondary N) is 1. The zero-order valence-corrected chi connectivity index (χ0v) is 12.3. The molecule has 19 heavy (non-hydrogen) atoms. The van der Waals surface area contributed by atoms with Crippen LogP contribution < -0.4 is 5.32 Å². The van der Waals surface area contributed by atoms with E-state index in [0.717, 1.165) is 18.2 Å². The van der Waals surface area contributed by atoms with E-state index in [1.165, 1.54) is 0 Å². The van der Waals surface area contributed by atoms with Crippen molar-refractivity contribution in [1.82, 2.24) is 5.32 Å². The van der Waals surface area contributed by atoms with E-state index in [4.69, 9.17) is 0 Å². The summed E-state index contributed by atoms with van der Waals surface area (Å²) in [7, 11) is -1.99. The summed E-state index contributed by atoms with van der Waals surface area (Å²) in [4.78, 5) is -0.198. The van der Waals surface area contributed by atoms with E-state index in [1.54, 1.807) is 7.05 Å². The molecule has 1 unspecified atom stereocenters. The molecule has 1 N–H and O–H groups in total. The van der Waals surface area contributed by atoms with Crippen molar-refractivity contribution in [1.29, 1.82) is 0 Å². The number of benzene rings is 1. The van der Waals surface area contributed by atoms with Crippen LogP contribution in [0.15, 0.2) is 23.1 Å². The number of halogens is 2. The van der Waals surface area contributed by atoms with Crippen molar-refractivity contribution < 1.29 is 17.2 Å². The predicted octanol–water partition coefficient (Wildman–Crippen LogP) is 2.37. The quantitative estimate of drug-likeness (QED) is 0.866. The van der Waals surface area contributed by atoms with Gasteiger partial charge in [-0.1, -0.05) is 20.8 Å². The van der Waals surface area contributed by atoms with Crippen LogP contribution in [-0.4, -0.2) is 27.3 Å². The SMILES string of the molecule is CNC(CS(=O)(=O)c1ccc(F)c(F)c1)C(C)(C)C. The summed E-state index contributed by atoms with van der Waals surface area (Å²) in [6.07, 6.45) is 0. The first-order valence-electron chi connectivity index (χ1n) is 5.93. The molecule has 0 spiro atoms. The van der Waals surface area contributed by atoms with Gasteiger partial charge >= 0.3 is 0 Å².